The Morgan fingerprint density at radius 1 is 1.56 bits per heavy atom. The second kappa shape index (κ2) is 9.67. The number of rotatable bonds is 3. The number of ether oxygens (including phenoxy) is 2. The van der Waals surface area contributed by atoms with Crippen LogP contribution < -0.4 is 11.2 Å². The van der Waals surface area contributed by atoms with E-state index in [9.17, 15) is 32.7 Å². The Labute approximate surface area is 155 Å². The van der Waals surface area contributed by atoms with Gasteiger partial charge in [0, 0.05) is 20.6 Å². The largest absolute Gasteiger partial charge is 0.452 e. The molecule has 1 aliphatic rings. The van der Waals surface area contributed by atoms with Crippen molar-refractivity contribution in [1.82, 2.24) is 9.55 Å². The third-order valence-corrected chi connectivity index (χ3v) is 3.51. The van der Waals surface area contributed by atoms with Gasteiger partial charge in [-0.1, -0.05) is 14.4 Å². The zero-order valence-electron chi connectivity index (χ0n) is 15.8. The summed E-state index contributed by atoms with van der Waals surface area (Å²) >= 11 is 0. The molecule has 0 aromatic carbocycles. The monoisotopic (exact) mass is 403 g/mol. The lowest BCUT2D eigenvalue weighted by molar-refractivity contribution is -0.161. The summed E-state index contributed by atoms with van der Waals surface area (Å²) in [4.78, 5) is 37.1. The molecule has 9 nitrogen and oxygen atoms in total. The van der Waals surface area contributed by atoms with Crippen LogP contribution in [0.15, 0.2) is 15.8 Å². The SMILES string of the molecule is C.[2H]C[C@H]1O[C@@H](n2cc(C(=O)OCC(F)(F)F)c(=O)[nH]c2=O)[C@@H](C)C1O.[3H]OC. The highest BCUT2D eigenvalue weighted by molar-refractivity contribution is 5.88. The first-order valence-electron chi connectivity index (χ1n) is 8.29. The van der Waals surface area contributed by atoms with Gasteiger partial charge in [0.1, 0.15) is 11.8 Å². The lowest BCUT2D eigenvalue weighted by Crippen LogP contribution is -2.37. The van der Waals surface area contributed by atoms with E-state index in [1.165, 1.54) is 14.0 Å². The maximum atomic E-state index is 12.1. The van der Waals surface area contributed by atoms with E-state index in [1.54, 1.807) is 4.98 Å². The number of H-pyrrole nitrogens is 1. The van der Waals surface area contributed by atoms with Crippen LogP contribution in [0.4, 0.5) is 13.2 Å². The molecule has 0 radical (unpaired) electrons. The zero-order valence-corrected chi connectivity index (χ0v) is 13.8. The van der Waals surface area contributed by atoms with E-state index in [4.69, 9.17) is 7.54 Å². The summed E-state index contributed by atoms with van der Waals surface area (Å²) in [6.07, 6.45) is -7.11. The van der Waals surface area contributed by atoms with Crippen LogP contribution in [0.25, 0.3) is 0 Å². The van der Waals surface area contributed by atoms with Gasteiger partial charge in [-0.25, -0.2) is 9.59 Å². The van der Waals surface area contributed by atoms with E-state index >= 15 is 0 Å². The minimum atomic E-state index is -4.77. The third kappa shape index (κ3) is 5.91. The molecule has 1 fully saturated rings. The molecule has 1 saturated heterocycles. The van der Waals surface area contributed by atoms with Crippen molar-refractivity contribution in [2.24, 2.45) is 5.92 Å². The van der Waals surface area contributed by atoms with Crippen molar-refractivity contribution in [3.8, 4) is 0 Å². The van der Waals surface area contributed by atoms with Crippen LogP contribution in [0.2, 0.25) is 0 Å². The van der Waals surface area contributed by atoms with Crippen molar-refractivity contribution in [3.63, 3.8) is 0 Å². The number of aromatic nitrogens is 2. The number of hydrogen-bond acceptors (Lipinski definition) is 7. The molecule has 2 heterocycles. The molecule has 1 aliphatic heterocycles. The highest BCUT2D eigenvalue weighted by Gasteiger charge is 2.40. The fourth-order valence-electron chi connectivity index (χ4n) is 2.25. The normalized spacial score (nSPS) is 25.4. The van der Waals surface area contributed by atoms with Gasteiger partial charge in [0.05, 0.1) is 12.2 Å². The minimum absolute atomic E-state index is 0. The molecule has 0 spiro atoms. The summed E-state index contributed by atoms with van der Waals surface area (Å²) < 4.78 is 59.5. The summed E-state index contributed by atoms with van der Waals surface area (Å²) in [5.74, 6) is -2.23. The molecule has 1 unspecified atom stereocenters. The van der Waals surface area contributed by atoms with Gasteiger partial charge in [-0.2, -0.15) is 13.2 Å². The average molecular weight is 403 g/mol. The van der Waals surface area contributed by atoms with Gasteiger partial charge in [-0.05, 0) is 6.90 Å². The van der Waals surface area contributed by atoms with E-state index in [2.05, 4.69) is 9.85 Å². The molecule has 12 heteroatoms. The second-order valence-corrected chi connectivity index (χ2v) is 5.32. The molecule has 0 saturated carbocycles. The molecule has 0 bridgehead atoms. The number of carbonyl (C=O) groups excluding carboxylic acids is 1. The maximum Gasteiger partial charge on any atom is 0.422 e. The summed E-state index contributed by atoms with van der Waals surface area (Å²) in [5, 5.41) is 13.4. The lowest BCUT2D eigenvalue weighted by atomic mass is 10.0. The molecular formula is C15H23F3N2O7. The summed E-state index contributed by atoms with van der Waals surface area (Å²) in [6.45, 7) is -0.662. The Hall–Kier alpha value is -2.18. The van der Waals surface area contributed by atoms with Crippen molar-refractivity contribution in [2.75, 3.05) is 13.7 Å². The summed E-state index contributed by atoms with van der Waals surface area (Å²) in [6, 6.07) is 0. The standard InChI is InChI=1S/C13H15F3N2O6.CH4O.CH4/c1-5-8(19)6(2)24-10(5)18-3-7(9(20)17-12(18)22)11(21)23-4-13(14,15)16;1-2;/h3,5-6,8,10,19H,4H2,1-2H3,(H,17,20,22);2H,1H3;1H4/t5-,6+,8?,10+;;/m0../s1/i2D;2T;. The van der Waals surface area contributed by atoms with Gasteiger partial charge in [-0.3, -0.25) is 14.3 Å². The minimum Gasteiger partial charge on any atom is -0.452 e. The van der Waals surface area contributed by atoms with Crippen LogP contribution in [0, 0.1) is 5.92 Å². The van der Waals surface area contributed by atoms with Crippen LogP contribution in [-0.4, -0.2) is 59.3 Å². The fourth-order valence-corrected chi connectivity index (χ4v) is 2.25. The number of aliphatic hydroxyl groups is 2. The molecular weight excluding hydrogens is 377 g/mol. The first kappa shape index (κ1) is 21.1. The Bertz CT molecular complexity index is 784. The van der Waals surface area contributed by atoms with Crippen LogP contribution in [0.1, 0.15) is 39.2 Å². The van der Waals surface area contributed by atoms with Crippen molar-refractivity contribution >= 4 is 5.97 Å². The van der Waals surface area contributed by atoms with Gasteiger partial charge < -0.3 is 19.7 Å². The highest BCUT2D eigenvalue weighted by Crippen LogP contribution is 2.33. The molecule has 0 amide bonds. The van der Waals surface area contributed by atoms with Crippen LogP contribution in [0.5, 0.6) is 0 Å². The second-order valence-electron chi connectivity index (χ2n) is 5.32. The van der Waals surface area contributed by atoms with E-state index in [0.29, 0.717) is 0 Å². The molecule has 4 atom stereocenters. The molecule has 1 aromatic rings. The van der Waals surface area contributed by atoms with Crippen LogP contribution in [0.3, 0.4) is 0 Å². The molecule has 2 rings (SSSR count). The number of esters is 1. The van der Waals surface area contributed by atoms with Gasteiger partial charge >= 0.3 is 17.8 Å². The average Bonchev–Trinajstić information content (AvgIpc) is 2.88. The number of halogens is 3. The number of carbonyl (C=O) groups is 1. The predicted octanol–water partition coefficient (Wildman–Crippen LogP) is 0.415. The third-order valence-electron chi connectivity index (χ3n) is 3.51. The van der Waals surface area contributed by atoms with Crippen LogP contribution in [-0.2, 0) is 9.47 Å². The molecule has 27 heavy (non-hydrogen) atoms. The number of aliphatic hydroxyl groups excluding tert-OH is 2. The highest BCUT2D eigenvalue weighted by atomic mass is 19.4. The molecule has 1 aromatic heterocycles. The van der Waals surface area contributed by atoms with Crippen molar-refractivity contribution in [2.45, 2.75) is 45.9 Å². The first-order chi connectivity index (χ1) is 13.0. The smallest absolute Gasteiger partial charge is 0.422 e. The number of hydrogen-bond donors (Lipinski definition) is 3. The van der Waals surface area contributed by atoms with Crippen molar-refractivity contribution in [3.05, 3.63) is 32.6 Å². The Kier molecular flexibility index (Phi) is 7.56. The van der Waals surface area contributed by atoms with E-state index in [-0.39, 0.29) is 14.3 Å². The number of nitrogens with one attached hydrogen (secondary N) is 1. The van der Waals surface area contributed by atoms with Crippen molar-refractivity contribution in [1.29, 1.82) is 1.43 Å². The quantitative estimate of drug-likeness (QED) is 0.623. The van der Waals surface area contributed by atoms with Gasteiger partial charge in [0.25, 0.3) is 5.56 Å². The van der Waals surface area contributed by atoms with Gasteiger partial charge in [0.15, 0.2) is 6.61 Å². The van der Waals surface area contributed by atoms with E-state index in [1.807, 2.05) is 0 Å². The van der Waals surface area contributed by atoms with E-state index in [0.717, 1.165) is 10.8 Å². The summed E-state index contributed by atoms with van der Waals surface area (Å²) in [5.41, 5.74) is -3.01. The fraction of sp³-hybridized carbons (Fsp3) is 0.667. The Morgan fingerprint density at radius 3 is 2.63 bits per heavy atom. The molecule has 0 aliphatic carbocycles. The predicted molar refractivity (Wildman–Crippen MR) is 87.3 cm³/mol. The molecule has 156 valence electrons. The van der Waals surface area contributed by atoms with Gasteiger partial charge in [-0.15, -0.1) is 0 Å². The first-order valence-corrected chi connectivity index (χ1v) is 7.18. The zero-order chi connectivity index (χ0) is 21.6. The maximum absolute atomic E-state index is 12.1. The van der Waals surface area contributed by atoms with E-state index < -0.39 is 59.9 Å². The number of alkyl halides is 3. The topological polar surface area (TPSA) is 131 Å². The number of nitrogens with zero attached hydrogens (tertiary/aromatic N) is 1. The van der Waals surface area contributed by atoms with Crippen LogP contribution >= 0.6 is 0 Å². The van der Waals surface area contributed by atoms with Crippen molar-refractivity contribution < 1.29 is 39.0 Å². The number of aromatic amines is 1. The molecule has 3 N–H and O–H groups in total. The summed E-state index contributed by atoms with van der Waals surface area (Å²) in [7, 11) is 1.29. The van der Waals surface area contributed by atoms with Gasteiger partial charge in [0.2, 0.25) is 1.43 Å². The lowest BCUT2D eigenvalue weighted by Gasteiger charge is -2.18. The Balaban J connectivity index is 0.00000184. The Morgan fingerprint density at radius 2 is 2.15 bits per heavy atom.